The number of esters is 1. The molecule has 21 heavy (non-hydrogen) atoms. The SMILES string of the molecule is CC(=O)O[C@@H]1C(=O)N2c3ccccc3-c3ccccc3[C@@H]12. The van der Waals surface area contributed by atoms with Crippen molar-refractivity contribution in [3.05, 3.63) is 54.1 Å². The van der Waals surface area contributed by atoms with Gasteiger partial charge in [0.15, 0.2) is 0 Å². The first-order chi connectivity index (χ1) is 10.2. The maximum absolute atomic E-state index is 12.4. The van der Waals surface area contributed by atoms with Gasteiger partial charge < -0.3 is 4.74 Å². The highest BCUT2D eigenvalue weighted by Gasteiger charge is 2.54. The Labute approximate surface area is 121 Å². The van der Waals surface area contributed by atoms with Crippen LogP contribution >= 0.6 is 0 Å². The molecule has 4 heteroatoms. The number of amides is 1. The molecule has 0 radical (unpaired) electrons. The van der Waals surface area contributed by atoms with E-state index in [-0.39, 0.29) is 11.9 Å². The first-order valence-corrected chi connectivity index (χ1v) is 6.87. The van der Waals surface area contributed by atoms with Gasteiger partial charge in [-0.05, 0) is 17.2 Å². The van der Waals surface area contributed by atoms with Gasteiger partial charge in [-0.1, -0.05) is 42.5 Å². The molecule has 4 rings (SSSR count). The van der Waals surface area contributed by atoms with Gasteiger partial charge in [0.05, 0.1) is 5.69 Å². The van der Waals surface area contributed by atoms with E-state index in [0.717, 1.165) is 22.4 Å². The molecule has 2 heterocycles. The zero-order valence-corrected chi connectivity index (χ0v) is 11.4. The number of hydrogen-bond acceptors (Lipinski definition) is 3. The van der Waals surface area contributed by atoms with Gasteiger partial charge in [0.25, 0.3) is 5.91 Å². The summed E-state index contributed by atoms with van der Waals surface area (Å²) in [7, 11) is 0. The van der Waals surface area contributed by atoms with Crippen molar-refractivity contribution < 1.29 is 14.3 Å². The van der Waals surface area contributed by atoms with Crippen LogP contribution in [-0.2, 0) is 14.3 Å². The molecule has 0 aromatic heterocycles. The van der Waals surface area contributed by atoms with Crippen LogP contribution in [-0.4, -0.2) is 18.0 Å². The molecule has 2 atom stereocenters. The minimum atomic E-state index is -0.711. The predicted molar refractivity (Wildman–Crippen MR) is 77.7 cm³/mol. The summed E-state index contributed by atoms with van der Waals surface area (Å²) < 4.78 is 5.21. The molecule has 4 nitrogen and oxygen atoms in total. The molecule has 2 aromatic carbocycles. The van der Waals surface area contributed by atoms with Crippen LogP contribution < -0.4 is 4.90 Å². The lowest BCUT2D eigenvalue weighted by Gasteiger charge is -2.49. The molecule has 0 N–H and O–H groups in total. The number of benzene rings is 2. The Bertz CT molecular complexity index is 768. The number of rotatable bonds is 1. The molecule has 0 saturated carbocycles. The van der Waals surface area contributed by atoms with Crippen LogP contribution in [0.3, 0.4) is 0 Å². The number of fused-ring (bicyclic) bond motifs is 6. The van der Waals surface area contributed by atoms with Crippen molar-refractivity contribution in [3.63, 3.8) is 0 Å². The molecule has 0 unspecified atom stereocenters. The van der Waals surface area contributed by atoms with E-state index in [1.54, 1.807) is 4.90 Å². The van der Waals surface area contributed by atoms with Gasteiger partial charge in [0, 0.05) is 12.5 Å². The number of carbonyl (C=O) groups excluding carboxylic acids is 2. The summed E-state index contributed by atoms with van der Waals surface area (Å²) in [5.41, 5.74) is 4.05. The fraction of sp³-hybridized carbons (Fsp3) is 0.176. The largest absolute Gasteiger partial charge is 0.450 e. The van der Waals surface area contributed by atoms with Gasteiger partial charge in [-0.2, -0.15) is 0 Å². The van der Waals surface area contributed by atoms with Crippen LogP contribution in [0, 0.1) is 0 Å². The Morgan fingerprint density at radius 2 is 1.71 bits per heavy atom. The Hall–Kier alpha value is -2.62. The third-order valence-corrected chi connectivity index (χ3v) is 4.07. The number of hydrogen-bond donors (Lipinski definition) is 0. The Kier molecular flexibility index (Phi) is 2.42. The summed E-state index contributed by atoms with van der Waals surface area (Å²) in [6, 6.07) is 15.6. The number of ether oxygens (including phenoxy) is 1. The third kappa shape index (κ3) is 1.56. The number of anilines is 1. The quantitative estimate of drug-likeness (QED) is 0.595. The van der Waals surface area contributed by atoms with Crippen LogP contribution in [0.15, 0.2) is 48.5 Å². The van der Waals surface area contributed by atoms with Crippen LogP contribution in [0.2, 0.25) is 0 Å². The van der Waals surface area contributed by atoms with Gasteiger partial charge >= 0.3 is 5.97 Å². The van der Waals surface area contributed by atoms with E-state index in [9.17, 15) is 9.59 Å². The summed E-state index contributed by atoms with van der Waals surface area (Å²) >= 11 is 0. The molecular formula is C17H13NO3. The predicted octanol–water partition coefficient (Wildman–Crippen LogP) is 2.69. The number of para-hydroxylation sites is 1. The number of β-lactam (4-membered cyclic amide) rings is 1. The highest BCUT2D eigenvalue weighted by atomic mass is 16.6. The molecule has 0 spiro atoms. The molecule has 1 amide bonds. The van der Waals surface area contributed by atoms with Crippen LogP contribution in [0.5, 0.6) is 0 Å². The third-order valence-electron chi connectivity index (χ3n) is 4.07. The molecule has 104 valence electrons. The lowest BCUT2D eigenvalue weighted by molar-refractivity contribution is -0.160. The Morgan fingerprint density at radius 1 is 1.05 bits per heavy atom. The van der Waals surface area contributed by atoms with Gasteiger partial charge in [-0.15, -0.1) is 0 Å². The standard InChI is InChI=1S/C17H13NO3/c1-10(19)21-16-15-13-8-3-2-6-11(13)12-7-4-5-9-14(12)18(15)17(16)20/h2-9,15-16H,1H3/t15-,16-/m0/s1. The van der Waals surface area contributed by atoms with Crippen molar-refractivity contribution in [2.45, 2.75) is 19.1 Å². The normalized spacial score (nSPS) is 21.8. The smallest absolute Gasteiger partial charge is 0.303 e. The van der Waals surface area contributed by atoms with Crippen LogP contribution in [0.25, 0.3) is 11.1 Å². The Morgan fingerprint density at radius 3 is 2.48 bits per heavy atom. The molecule has 1 saturated heterocycles. The number of nitrogens with zero attached hydrogens (tertiary/aromatic N) is 1. The Balaban J connectivity index is 1.89. The molecule has 0 aliphatic carbocycles. The van der Waals surface area contributed by atoms with Crippen LogP contribution in [0.1, 0.15) is 18.5 Å². The fourth-order valence-corrected chi connectivity index (χ4v) is 3.24. The first kappa shape index (κ1) is 12.1. The van der Waals surface area contributed by atoms with Crippen LogP contribution in [0.4, 0.5) is 5.69 Å². The van der Waals surface area contributed by atoms with E-state index in [0.29, 0.717) is 0 Å². The zero-order chi connectivity index (χ0) is 14.6. The monoisotopic (exact) mass is 279 g/mol. The second-order valence-electron chi connectivity index (χ2n) is 5.29. The summed E-state index contributed by atoms with van der Waals surface area (Å²) in [4.78, 5) is 25.3. The second kappa shape index (κ2) is 4.19. The van der Waals surface area contributed by atoms with E-state index in [2.05, 4.69) is 0 Å². The van der Waals surface area contributed by atoms with E-state index in [1.807, 2.05) is 48.5 Å². The van der Waals surface area contributed by atoms with E-state index < -0.39 is 12.1 Å². The van der Waals surface area contributed by atoms with E-state index in [4.69, 9.17) is 4.74 Å². The minimum Gasteiger partial charge on any atom is -0.450 e. The molecule has 2 aliphatic heterocycles. The highest BCUT2D eigenvalue weighted by molar-refractivity contribution is 6.10. The second-order valence-corrected chi connectivity index (χ2v) is 5.29. The maximum atomic E-state index is 12.4. The zero-order valence-electron chi connectivity index (χ0n) is 11.4. The molecule has 0 bridgehead atoms. The highest BCUT2D eigenvalue weighted by Crippen LogP contribution is 2.51. The molecular weight excluding hydrogens is 266 g/mol. The average molecular weight is 279 g/mol. The average Bonchev–Trinajstić information content (AvgIpc) is 2.51. The van der Waals surface area contributed by atoms with Gasteiger partial charge in [0.2, 0.25) is 6.10 Å². The van der Waals surface area contributed by atoms with Crippen molar-refractivity contribution in [2.75, 3.05) is 4.90 Å². The summed E-state index contributed by atoms with van der Waals surface area (Å²) in [6.45, 7) is 1.33. The van der Waals surface area contributed by atoms with Gasteiger partial charge in [-0.25, -0.2) is 0 Å². The van der Waals surface area contributed by atoms with Crippen molar-refractivity contribution >= 4 is 17.6 Å². The first-order valence-electron chi connectivity index (χ1n) is 6.87. The molecule has 2 aromatic rings. The van der Waals surface area contributed by atoms with Crippen molar-refractivity contribution in [1.82, 2.24) is 0 Å². The minimum absolute atomic E-state index is 0.155. The number of carbonyl (C=O) groups is 2. The maximum Gasteiger partial charge on any atom is 0.303 e. The summed E-state index contributed by atoms with van der Waals surface area (Å²) in [6.07, 6.45) is -0.711. The fourth-order valence-electron chi connectivity index (χ4n) is 3.24. The molecule has 2 aliphatic rings. The molecule has 1 fully saturated rings. The lowest BCUT2D eigenvalue weighted by atomic mass is 9.80. The van der Waals surface area contributed by atoms with Crippen molar-refractivity contribution in [1.29, 1.82) is 0 Å². The van der Waals surface area contributed by atoms with Gasteiger partial charge in [-0.3, -0.25) is 14.5 Å². The summed E-state index contributed by atoms with van der Waals surface area (Å²) in [5.74, 6) is -0.582. The van der Waals surface area contributed by atoms with E-state index in [1.165, 1.54) is 6.92 Å². The lowest BCUT2D eigenvalue weighted by Crippen LogP contribution is -2.61. The topological polar surface area (TPSA) is 46.6 Å². The van der Waals surface area contributed by atoms with Crippen molar-refractivity contribution in [2.24, 2.45) is 0 Å². The van der Waals surface area contributed by atoms with E-state index >= 15 is 0 Å². The summed E-state index contributed by atoms with van der Waals surface area (Å²) in [5, 5.41) is 0. The van der Waals surface area contributed by atoms with Gasteiger partial charge in [0.1, 0.15) is 6.04 Å². The van der Waals surface area contributed by atoms with Crippen molar-refractivity contribution in [3.8, 4) is 11.1 Å².